The van der Waals surface area contributed by atoms with Crippen LogP contribution in [-0.2, 0) is 11.4 Å². The van der Waals surface area contributed by atoms with E-state index < -0.39 is 5.97 Å². The van der Waals surface area contributed by atoms with E-state index in [0.29, 0.717) is 5.92 Å². The standard InChI is InChI=1S/C19H28O4/c20-13-14-7-9-16(10-8-14)19-15(11-12-17(19)21)5-3-1-2-4-6-18(22)23/h7-10,15,17,19-21H,1-6,11-13H2,(H,22,23)/t15-,17+,19-/m0/s1. The molecule has 1 fully saturated rings. The first-order valence-electron chi connectivity index (χ1n) is 8.71. The molecule has 1 saturated carbocycles. The van der Waals surface area contributed by atoms with Crippen LogP contribution in [0.4, 0.5) is 0 Å². The molecule has 0 aromatic heterocycles. The second kappa shape index (κ2) is 9.04. The van der Waals surface area contributed by atoms with E-state index in [1.165, 1.54) is 5.56 Å². The average molecular weight is 320 g/mol. The first-order chi connectivity index (χ1) is 11.1. The zero-order valence-electron chi connectivity index (χ0n) is 13.7. The van der Waals surface area contributed by atoms with Gasteiger partial charge in [0, 0.05) is 12.3 Å². The minimum atomic E-state index is -0.713. The van der Waals surface area contributed by atoms with E-state index >= 15 is 0 Å². The smallest absolute Gasteiger partial charge is 0.303 e. The maximum absolute atomic E-state index is 10.5. The fourth-order valence-electron chi connectivity index (χ4n) is 3.76. The van der Waals surface area contributed by atoms with E-state index in [0.717, 1.165) is 50.5 Å². The highest BCUT2D eigenvalue weighted by Gasteiger charge is 2.35. The molecule has 0 saturated heterocycles. The topological polar surface area (TPSA) is 77.8 Å². The van der Waals surface area contributed by atoms with Gasteiger partial charge < -0.3 is 15.3 Å². The van der Waals surface area contributed by atoms with Crippen molar-refractivity contribution < 1.29 is 20.1 Å². The van der Waals surface area contributed by atoms with Gasteiger partial charge in [-0.3, -0.25) is 4.79 Å². The molecule has 0 bridgehead atoms. The molecule has 0 amide bonds. The van der Waals surface area contributed by atoms with Crippen LogP contribution in [0.2, 0.25) is 0 Å². The van der Waals surface area contributed by atoms with Gasteiger partial charge in [0.1, 0.15) is 0 Å². The van der Waals surface area contributed by atoms with E-state index in [1.807, 2.05) is 24.3 Å². The van der Waals surface area contributed by atoms with E-state index in [1.54, 1.807) is 0 Å². The molecule has 0 spiro atoms. The Balaban J connectivity index is 1.81. The summed E-state index contributed by atoms with van der Waals surface area (Å²) < 4.78 is 0. The Hall–Kier alpha value is -1.39. The lowest BCUT2D eigenvalue weighted by Crippen LogP contribution is -2.17. The van der Waals surface area contributed by atoms with Crippen molar-refractivity contribution in [1.29, 1.82) is 0 Å². The van der Waals surface area contributed by atoms with Crippen LogP contribution in [0.3, 0.4) is 0 Å². The predicted molar refractivity (Wildman–Crippen MR) is 89.2 cm³/mol. The normalized spacial score (nSPS) is 24.0. The molecule has 3 N–H and O–H groups in total. The molecule has 4 heteroatoms. The van der Waals surface area contributed by atoms with E-state index in [-0.39, 0.29) is 25.0 Å². The molecule has 23 heavy (non-hydrogen) atoms. The number of carboxylic acids is 1. The lowest BCUT2D eigenvalue weighted by molar-refractivity contribution is -0.137. The fourth-order valence-corrected chi connectivity index (χ4v) is 3.76. The molecular formula is C19H28O4. The Morgan fingerprint density at radius 3 is 2.39 bits per heavy atom. The number of aliphatic hydroxyl groups is 2. The Labute approximate surface area is 138 Å². The molecule has 2 rings (SSSR count). The molecule has 1 aromatic carbocycles. The van der Waals surface area contributed by atoms with Crippen LogP contribution in [0, 0.1) is 5.92 Å². The second-order valence-electron chi connectivity index (χ2n) is 6.68. The maximum Gasteiger partial charge on any atom is 0.303 e. The van der Waals surface area contributed by atoms with Gasteiger partial charge >= 0.3 is 5.97 Å². The molecule has 1 aliphatic rings. The summed E-state index contributed by atoms with van der Waals surface area (Å²) in [6.45, 7) is 0.0489. The van der Waals surface area contributed by atoms with Crippen molar-refractivity contribution in [3.63, 3.8) is 0 Å². The molecule has 0 aliphatic heterocycles. The van der Waals surface area contributed by atoms with Crippen molar-refractivity contribution in [2.24, 2.45) is 5.92 Å². The van der Waals surface area contributed by atoms with Crippen molar-refractivity contribution in [1.82, 2.24) is 0 Å². The maximum atomic E-state index is 10.5. The Bertz CT molecular complexity index is 483. The number of hydrogen-bond acceptors (Lipinski definition) is 3. The molecular weight excluding hydrogens is 292 g/mol. The molecule has 3 atom stereocenters. The largest absolute Gasteiger partial charge is 0.481 e. The van der Waals surface area contributed by atoms with Gasteiger partial charge in [0.25, 0.3) is 0 Å². The number of carbonyl (C=O) groups is 1. The minimum Gasteiger partial charge on any atom is -0.481 e. The van der Waals surface area contributed by atoms with Crippen molar-refractivity contribution >= 4 is 5.97 Å². The van der Waals surface area contributed by atoms with Crippen molar-refractivity contribution in [3.8, 4) is 0 Å². The highest BCUT2D eigenvalue weighted by atomic mass is 16.4. The van der Waals surface area contributed by atoms with E-state index in [9.17, 15) is 9.90 Å². The lowest BCUT2D eigenvalue weighted by atomic mass is 9.84. The summed E-state index contributed by atoms with van der Waals surface area (Å²) in [6, 6.07) is 7.93. The predicted octanol–water partition coefficient (Wildman–Crippen LogP) is 3.46. The highest BCUT2D eigenvalue weighted by Crippen LogP contribution is 2.42. The van der Waals surface area contributed by atoms with Crippen LogP contribution >= 0.6 is 0 Å². The Morgan fingerprint density at radius 1 is 1.04 bits per heavy atom. The molecule has 0 heterocycles. The molecule has 0 unspecified atom stereocenters. The first kappa shape index (κ1) is 18.0. The van der Waals surface area contributed by atoms with Gasteiger partial charge in [-0.1, -0.05) is 43.5 Å². The third-order valence-corrected chi connectivity index (χ3v) is 5.02. The summed E-state index contributed by atoms with van der Waals surface area (Å²) in [5.41, 5.74) is 2.07. The molecule has 128 valence electrons. The summed E-state index contributed by atoms with van der Waals surface area (Å²) in [5, 5.41) is 28.1. The lowest BCUT2D eigenvalue weighted by Gasteiger charge is -2.23. The molecule has 1 aromatic rings. The van der Waals surface area contributed by atoms with Gasteiger partial charge in [-0.2, -0.15) is 0 Å². The minimum absolute atomic E-state index is 0.0489. The van der Waals surface area contributed by atoms with Gasteiger partial charge in [0.05, 0.1) is 12.7 Å². The summed E-state index contributed by atoms with van der Waals surface area (Å²) in [6.07, 6.45) is 6.90. The first-order valence-corrected chi connectivity index (χ1v) is 8.71. The molecule has 0 radical (unpaired) electrons. The van der Waals surface area contributed by atoms with Crippen LogP contribution in [-0.4, -0.2) is 27.4 Å². The summed E-state index contributed by atoms with van der Waals surface area (Å²) in [7, 11) is 0. The summed E-state index contributed by atoms with van der Waals surface area (Å²) in [5.74, 6) is -0.0125. The quantitative estimate of drug-likeness (QED) is 0.609. The number of aliphatic hydroxyl groups excluding tert-OH is 2. The van der Waals surface area contributed by atoms with Crippen molar-refractivity contribution in [2.45, 2.75) is 70.0 Å². The highest BCUT2D eigenvalue weighted by molar-refractivity contribution is 5.66. The van der Waals surface area contributed by atoms with Gasteiger partial charge in [-0.15, -0.1) is 0 Å². The molecule has 1 aliphatic carbocycles. The monoisotopic (exact) mass is 320 g/mol. The number of unbranched alkanes of at least 4 members (excludes halogenated alkanes) is 3. The number of rotatable bonds is 9. The van der Waals surface area contributed by atoms with Crippen LogP contribution in [0.1, 0.15) is 68.4 Å². The number of benzene rings is 1. The number of hydrogen-bond donors (Lipinski definition) is 3. The van der Waals surface area contributed by atoms with Crippen LogP contribution in [0.25, 0.3) is 0 Å². The van der Waals surface area contributed by atoms with E-state index in [4.69, 9.17) is 10.2 Å². The van der Waals surface area contributed by atoms with Gasteiger partial charge in [-0.05, 0) is 42.7 Å². The summed E-state index contributed by atoms with van der Waals surface area (Å²) in [4.78, 5) is 10.5. The zero-order chi connectivity index (χ0) is 16.7. The van der Waals surface area contributed by atoms with E-state index in [2.05, 4.69) is 0 Å². The third-order valence-electron chi connectivity index (χ3n) is 5.02. The third kappa shape index (κ3) is 5.33. The van der Waals surface area contributed by atoms with Gasteiger partial charge in [0.15, 0.2) is 0 Å². The number of carboxylic acid groups (broad SMARTS) is 1. The van der Waals surface area contributed by atoms with Crippen molar-refractivity contribution in [2.75, 3.05) is 0 Å². The Kier molecular flexibility index (Phi) is 7.06. The average Bonchev–Trinajstić information content (AvgIpc) is 2.91. The zero-order valence-corrected chi connectivity index (χ0v) is 13.7. The fraction of sp³-hybridized carbons (Fsp3) is 0.632. The Morgan fingerprint density at radius 2 is 1.74 bits per heavy atom. The van der Waals surface area contributed by atoms with Crippen LogP contribution in [0.5, 0.6) is 0 Å². The van der Waals surface area contributed by atoms with Gasteiger partial charge in [-0.25, -0.2) is 0 Å². The SMILES string of the molecule is O=C(O)CCCCCC[C@H]1CC[C@@H](O)[C@@H]1c1ccc(CO)cc1. The second-order valence-corrected chi connectivity index (χ2v) is 6.68. The van der Waals surface area contributed by atoms with Crippen molar-refractivity contribution in [3.05, 3.63) is 35.4 Å². The summed E-state index contributed by atoms with van der Waals surface area (Å²) >= 11 is 0. The number of aliphatic carboxylic acids is 1. The van der Waals surface area contributed by atoms with Gasteiger partial charge in [0.2, 0.25) is 0 Å². The van der Waals surface area contributed by atoms with Crippen LogP contribution < -0.4 is 0 Å². The molecule has 4 nitrogen and oxygen atoms in total. The van der Waals surface area contributed by atoms with Crippen LogP contribution in [0.15, 0.2) is 24.3 Å².